The molecule has 0 radical (unpaired) electrons. The summed E-state index contributed by atoms with van der Waals surface area (Å²) in [5.74, 6) is 1.04. The third-order valence-corrected chi connectivity index (χ3v) is 5.35. The molecule has 1 fully saturated rings. The van der Waals surface area contributed by atoms with Gasteiger partial charge in [-0.25, -0.2) is 0 Å². The standard InChI is InChI=1S/C19H39N5O.HI/c1-16(2)24(6)14-10-9-13-21-18(20-3)22-15-19(11-7-8-12-19)17(25)23(4)5;/h16H,7-15H2,1-6H3,(H2,20,21,22);1H. The van der Waals surface area contributed by atoms with E-state index in [1.54, 1.807) is 11.9 Å². The van der Waals surface area contributed by atoms with E-state index in [0.29, 0.717) is 12.6 Å². The van der Waals surface area contributed by atoms with Crippen molar-refractivity contribution in [3.8, 4) is 0 Å². The summed E-state index contributed by atoms with van der Waals surface area (Å²) in [4.78, 5) is 21.0. The van der Waals surface area contributed by atoms with E-state index >= 15 is 0 Å². The second-order valence-electron chi connectivity index (χ2n) is 7.82. The van der Waals surface area contributed by atoms with Crippen LogP contribution in [-0.2, 0) is 4.79 Å². The summed E-state index contributed by atoms with van der Waals surface area (Å²) < 4.78 is 0. The molecular weight excluding hydrogens is 441 g/mol. The molecule has 0 aromatic rings. The summed E-state index contributed by atoms with van der Waals surface area (Å²) in [7, 11) is 7.66. The average Bonchev–Trinajstić information content (AvgIpc) is 3.06. The van der Waals surface area contributed by atoms with Gasteiger partial charge >= 0.3 is 0 Å². The molecule has 26 heavy (non-hydrogen) atoms. The summed E-state index contributed by atoms with van der Waals surface area (Å²) in [6, 6.07) is 0.597. The smallest absolute Gasteiger partial charge is 0.230 e. The summed E-state index contributed by atoms with van der Waals surface area (Å²) in [6.07, 6.45) is 6.49. The number of hydrogen-bond acceptors (Lipinski definition) is 3. The van der Waals surface area contributed by atoms with E-state index in [2.05, 4.69) is 41.4 Å². The van der Waals surface area contributed by atoms with Crippen molar-refractivity contribution in [3.05, 3.63) is 0 Å². The monoisotopic (exact) mass is 481 g/mol. The van der Waals surface area contributed by atoms with Gasteiger partial charge in [0.15, 0.2) is 5.96 Å². The van der Waals surface area contributed by atoms with Crippen molar-refractivity contribution in [2.24, 2.45) is 10.4 Å². The van der Waals surface area contributed by atoms with E-state index < -0.39 is 0 Å². The van der Waals surface area contributed by atoms with Crippen molar-refractivity contribution in [1.29, 1.82) is 0 Å². The largest absolute Gasteiger partial charge is 0.356 e. The van der Waals surface area contributed by atoms with Crippen molar-refractivity contribution < 1.29 is 4.79 Å². The quantitative estimate of drug-likeness (QED) is 0.230. The molecule has 154 valence electrons. The first kappa shape index (κ1) is 25.4. The van der Waals surface area contributed by atoms with Gasteiger partial charge in [0.1, 0.15) is 0 Å². The number of nitrogens with zero attached hydrogens (tertiary/aromatic N) is 3. The van der Waals surface area contributed by atoms with Gasteiger partial charge < -0.3 is 20.4 Å². The maximum atomic E-state index is 12.6. The van der Waals surface area contributed by atoms with Gasteiger partial charge in [-0.05, 0) is 53.1 Å². The van der Waals surface area contributed by atoms with Crippen LogP contribution in [0.1, 0.15) is 52.4 Å². The fourth-order valence-corrected chi connectivity index (χ4v) is 3.42. The molecule has 0 heterocycles. The molecule has 1 saturated carbocycles. The zero-order valence-corrected chi connectivity index (χ0v) is 19.9. The van der Waals surface area contributed by atoms with E-state index in [-0.39, 0.29) is 35.3 Å². The van der Waals surface area contributed by atoms with Crippen LogP contribution in [-0.4, -0.2) is 75.5 Å². The Hall–Kier alpha value is -0.570. The molecule has 0 unspecified atom stereocenters. The SMILES string of the molecule is CN=C(NCCCCN(C)C(C)C)NCC1(C(=O)N(C)C)CCCC1.I. The predicted molar refractivity (Wildman–Crippen MR) is 121 cm³/mol. The van der Waals surface area contributed by atoms with Gasteiger partial charge in [-0.15, -0.1) is 24.0 Å². The Morgan fingerprint density at radius 3 is 2.23 bits per heavy atom. The van der Waals surface area contributed by atoms with Gasteiger partial charge in [-0.1, -0.05) is 12.8 Å². The van der Waals surface area contributed by atoms with Crippen LogP contribution in [0.2, 0.25) is 0 Å². The third kappa shape index (κ3) is 7.98. The van der Waals surface area contributed by atoms with Crippen LogP contribution in [0.25, 0.3) is 0 Å². The Labute approximate surface area is 177 Å². The summed E-state index contributed by atoms with van der Waals surface area (Å²) in [6.45, 7) is 7.13. The number of halogens is 1. The maximum Gasteiger partial charge on any atom is 0.230 e. The first-order valence-electron chi connectivity index (χ1n) is 9.69. The average molecular weight is 481 g/mol. The van der Waals surface area contributed by atoms with Crippen LogP contribution in [0.15, 0.2) is 4.99 Å². The minimum absolute atomic E-state index is 0. The number of hydrogen-bond donors (Lipinski definition) is 2. The molecule has 7 heteroatoms. The zero-order valence-electron chi connectivity index (χ0n) is 17.6. The van der Waals surface area contributed by atoms with E-state index in [1.165, 1.54) is 6.42 Å². The number of nitrogens with one attached hydrogen (secondary N) is 2. The molecule has 0 aromatic heterocycles. The molecule has 1 aliphatic rings. The minimum Gasteiger partial charge on any atom is -0.356 e. The van der Waals surface area contributed by atoms with Crippen LogP contribution >= 0.6 is 24.0 Å². The number of carbonyl (C=O) groups is 1. The first-order chi connectivity index (χ1) is 11.8. The highest BCUT2D eigenvalue weighted by molar-refractivity contribution is 14.0. The lowest BCUT2D eigenvalue weighted by molar-refractivity contribution is -0.138. The van der Waals surface area contributed by atoms with Gasteiger partial charge in [0.25, 0.3) is 0 Å². The van der Waals surface area contributed by atoms with Crippen LogP contribution in [0.3, 0.4) is 0 Å². The van der Waals surface area contributed by atoms with E-state index in [0.717, 1.165) is 51.2 Å². The van der Waals surface area contributed by atoms with Crippen molar-refractivity contribution >= 4 is 35.8 Å². The Kier molecular flexibility index (Phi) is 12.5. The lowest BCUT2D eigenvalue weighted by Crippen LogP contribution is -2.49. The lowest BCUT2D eigenvalue weighted by atomic mass is 9.84. The molecule has 1 aliphatic carbocycles. The second kappa shape index (κ2) is 12.8. The summed E-state index contributed by atoms with van der Waals surface area (Å²) in [5.41, 5.74) is -0.263. The minimum atomic E-state index is -0.263. The highest BCUT2D eigenvalue weighted by Crippen LogP contribution is 2.38. The number of guanidine groups is 1. The number of aliphatic imine (C=N–C) groups is 1. The Balaban J connectivity index is 0.00000625. The lowest BCUT2D eigenvalue weighted by Gasteiger charge is -2.31. The molecule has 0 spiro atoms. The zero-order chi connectivity index (χ0) is 18.9. The molecule has 1 amide bonds. The topological polar surface area (TPSA) is 60.0 Å². The normalized spacial score (nSPS) is 16.5. The van der Waals surface area contributed by atoms with Crippen molar-refractivity contribution in [3.63, 3.8) is 0 Å². The van der Waals surface area contributed by atoms with E-state index in [4.69, 9.17) is 0 Å². The highest BCUT2D eigenvalue weighted by Gasteiger charge is 2.42. The molecule has 6 nitrogen and oxygen atoms in total. The van der Waals surface area contributed by atoms with Crippen molar-refractivity contribution in [2.45, 2.75) is 58.4 Å². The maximum absolute atomic E-state index is 12.6. The van der Waals surface area contributed by atoms with Crippen LogP contribution in [0, 0.1) is 5.41 Å². The fourth-order valence-electron chi connectivity index (χ4n) is 3.42. The summed E-state index contributed by atoms with van der Waals surface area (Å²) in [5, 5.41) is 6.76. The van der Waals surface area contributed by atoms with Crippen LogP contribution in [0.5, 0.6) is 0 Å². The number of amides is 1. The van der Waals surface area contributed by atoms with Crippen LogP contribution < -0.4 is 10.6 Å². The Morgan fingerprint density at radius 2 is 1.73 bits per heavy atom. The van der Waals surface area contributed by atoms with Gasteiger partial charge in [0.05, 0.1) is 5.41 Å². The van der Waals surface area contributed by atoms with Gasteiger partial charge in [-0.2, -0.15) is 0 Å². The number of unbranched alkanes of at least 4 members (excludes halogenated alkanes) is 1. The second-order valence-corrected chi connectivity index (χ2v) is 7.82. The molecule has 2 N–H and O–H groups in total. The molecule has 0 atom stereocenters. The molecule has 0 aromatic carbocycles. The Morgan fingerprint density at radius 1 is 1.12 bits per heavy atom. The van der Waals surface area contributed by atoms with E-state index in [9.17, 15) is 4.79 Å². The van der Waals surface area contributed by atoms with Gasteiger partial charge in [0, 0.05) is 40.3 Å². The molecule has 0 saturated heterocycles. The van der Waals surface area contributed by atoms with Crippen molar-refractivity contribution in [2.75, 3.05) is 47.8 Å². The van der Waals surface area contributed by atoms with Crippen LogP contribution in [0.4, 0.5) is 0 Å². The summed E-state index contributed by atoms with van der Waals surface area (Å²) >= 11 is 0. The highest BCUT2D eigenvalue weighted by atomic mass is 127. The molecule has 0 aliphatic heterocycles. The fraction of sp³-hybridized carbons (Fsp3) is 0.895. The Bertz CT molecular complexity index is 434. The molecule has 0 bridgehead atoms. The number of rotatable bonds is 9. The van der Waals surface area contributed by atoms with Gasteiger partial charge in [-0.3, -0.25) is 9.79 Å². The van der Waals surface area contributed by atoms with Crippen molar-refractivity contribution in [1.82, 2.24) is 20.4 Å². The molecule has 1 rings (SSSR count). The van der Waals surface area contributed by atoms with Gasteiger partial charge in [0.2, 0.25) is 5.91 Å². The third-order valence-electron chi connectivity index (χ3n) is 5.35. The van der Waals surface area contributed by atoms with E-state index in [1.807, 2.05) is 14.1 Å². The predicted octanol–water partition coefficient (Wildman–Crippen LogP) is 2.54. The number of carbonyl (C=O) groups excluding carboxylic acids is 1. The first-order valence-corrected chi connectivity index (χ1v) is 9.69. The molecular formula is C19H40IN5O.